The van der Waals surface area contributed by atoms with E-state index >= 15 is 0 Å². The number of nitrogens with zero attached hydrogens (tertiary/aromatic N) is 1. The summed E-state index contributed by atoms with van der Waals surface area (Å²) >= 11 is 0. The summed E-state index contributed by atoms with van der Waals surface area (Å²) in [5.41, 5.74) is 1.35. The van der Waals surface area contributed by atoms with Crippen LogP contribution in [0.5, 0.6) is 0 Å². The Balaban J connectivity index is 1.85. The van der Waals surface area contributed by atoms with Gasteiger partial charge in [-0.25, -0.2) is 17.5 Å². The maximum atomic E-state index is 11.4. The molecule has 1 aromatic rings. The molecule has 1 aliphatic heterocycles. The lowest BCUT2D eigenvalue weighted by atomic mass is 9.91. The van der Waals surface area contributed by atoms with Gasteiger partial charge in [0.2, 0.25) is 10.0 Å². The average Bonchev–Trinajstić information content (AvgIpc) is 2.45. The second-order valence-electron chi connectivity index (χ2n) is 5.65. The van der Waals surface area contributed by atoms with Crippen LogP contribution in [0.1, 0.15) is 35.2 Å². The summed E-state index contributed by atoms with van der Waals surface area (Å²) in [6, 6.07) is 7.02. The number of hydrogen-bond acceptors (Lipinski definition) is 3. The highest BCUT2D eigenvalue weighted by Gasteiger charge is 2.24. The van der Waals surface area contributed by atoms with Crippen molar-refractivity contribution >= 4 is 16.0 Å². The third kappa shape index (κ3) is 4.54. The highest BCUT2D eigenvalue weighted by molar-refractivity contribution is 7.88. The molecule has 0 unspecified atom stereocenters. The zero-order chi connectivity index (χ0) is 15.5. The van der Waals surface area contributed by atoms with Crippen molar-refractivity contribution in [1.82, 2.24) is 4.31 Å². The maximum Gasteiger partial charge on any atom is 0.335 e. The minimum absolute atomic E-state index is 0.319. The molecule has 1 heterocycles. The Labute approximate surface area is 125 Å². The topological polar surface area (TPSA) is 74.7 Å². The number of hydrogen-bond donors (Lipinski definition) is 1. The van der Waals surface area contributed by atoms with Crippen molar-refractivity contribution in [3.05, 3.63) is 35.4 Å². The molecule has 0 radical (unpaired) electrons. The lowest BCUT2D eigenvalue weighted by Crippen LogP contribution is -2.37. The van der Waals surface area contributed by atoms with Crippen LogP contribution in [0, 0.1) is 5.92 Å². The van der Waals surface area contributed by atoms with Crippen LogP contribution in [0.3, 0.4) is 0 Å². The van der Waals surface area contributed by atoms with Crippen LogP contribution in [0.25, 0.3) is 0 Å². The fourth-order valence-corrected chi connectivity index (χ4v) is 3.63. The molecule has 1 aliphatic rings. The van der Waals surface area contributed by atoms with Crippen molar-refractivity contribution in [1.29, 1.82) is 0 Å². The summed E-state index contributed by atoms with van der Waals surface area (Å²) in [7, 11) is -3.06. The van der Waals surface area contributed by atoms with E-state index in [2.05, 4.69) is 0 Å². The molecule has 21 heavy (non-hydrogen) atoms. The van der Waals surface area contributed by atoms with Crippen LogP contribution >= 0.6 is 0 Å². The molecule has 0 aliphatic carbocycles. The van der Waals surface area contributed by atoms with Gasteiger partial charge in [0, 0.05) is 13.1 Å². The van der Waals surface area contributed by atoms with Gasteiger partial charge in [-0.15, -0.1) is 0 Å². The van der Waals surface area contributed by atoms with Crippen molar-refractivity contribution < 1.29 is 18.3 Å². The van der Waals surface area contributed by atoms with Crippen molar-refractivity contribution in [3.63, 3.8) is 0 Å². The Morgan fingerprint density at radius 3 is 2.57 bits per heavy atom. The fraction of sp³-hybridized carbons (Fsp3) is 0.533. The third-order valence-corrected chi connectivity index (χ3v) is 5.36. The molecular formula is C15H21NO4S. The number of carbonyl (C=O) groups is 1. The van der Waals surface area contributed by atoms with Crippen LogP contribution in [0.2, 0.25) is 0 Å². The third-order valence-electron chi connectivity index (χ3n) is 4.06. The molecule has 0 atom stereocenters. The smallest absolute Gasteiger partial charge is 0.335 e. The SMILES string of the molecule is CS(=O)(=O)N1CCC(CCc2cccc(C(=O)O)c2)CC1. The lowest BCUT2D eigenvalue weighted by Gasteiger charge is -2.30. The number of rotatable bonds is 5. The largest absolute Gasteiger partial charge is 0.478 e. The van der Waals surface area contributed by atoms with E-state index in [1.165, 1.54) is 10.6 Å². The molecule has 1 fully saturated rings. The second-order valence-corrected chi connectivity index (χ2v) is 7.63. The van der Waals surface area contributed by atoms with Gasteiger partial charge in [-0.05, 0) is 49.3 Å². The van der Waals surface area contributed by atoms with E-state index in [1.54, 1.807) is 18.2 Å². The molecule has 6 heteroatoms. The van der Waals surface area contributed by atoms with Crippen molar-refractivity contribution in [2.45, 2.75) is 25.7 Å². The number of benzene rings is 1. The predicted molar refractivity (Wildman–Crippen MR) is 80.9 cm³/mol. The number of carboxylic acid groups (broad SMARTS) is 1. The molecule has 0 bridgehead atoms. The van der Waals surface area contributed by atoms with E-state index in [0.29, 0.717) is 24.6 Å². The number of sulfonamides is 1. The van der Waals surface area contributed by atoms with Crippen molar-refractivity contribution in [3.8, 4) is 0 Å². The lowest BCUT2D eigenvalue weighted by molar-refractivity contribution is 0.0696. The minimum Gasteiger partial charge on any atom is -0.478 e. The Hall–Kier alpha value is -1.40. The van der Waals surface area contributed by atoms with E-state index in [-0.39, 0.29) is 0 Å². The monoisotopic (exact) mass is 311 g/mol. The Bertz CT molecular complexity index is 604. The number of piperidine rings is 1. The van der Waals surface area contributed by atoms with Gasteiger partial charge in [0.1, 0.15) is 0 Å². The number of carboxylic acids is 1. The van der Waals surface area contributed by atoms with E-state index in [9.17, 15) is 13.2 Å². The molecule has 0 saturated carbocycles. The zero-order valence-corrected chi connectivity index (χ0v) is 13.0. The summed E-state index contributed by atoms with van der Waals surface area (Å²) in [5.74, 6) is -0.394. The van der Waals surface area contributed by atoms with Crippen LogP contribution in [0.15, 0.2) is 24.3 Å². The molecule has 1 N–H and O–H groups in total. The molecule has 116 valence electrons. The summed E-state index contributed by atoms with van der Waals surface area (Å²) in [6.07, 6.45) is 4.83. The van der Waals surface area contributed by atoms with Gasteiger partial charge in [0.15, 0.2) is 0 Å². The zero-order valence-electron chi connectivity index (χ0n) is 12.2. The molecule has 0 amide bonds. The van der Waals surface area contributed by atoms with Gasteiger partial charge in [-0.3, -0.25) is 0 Å². The molecule has 1 saturated heterocycles. The summed E-state index contributed by atoms with van der Waals surface area (Å²) < 4.78 is 24.4. The summed E-state index contributed by atoms with van der Waals surface area (Å²) in [6.45, 7) is 1.19. The van der Waals surface area contributed by atoms with Gasteiger partial charge in [-0.1, -0.05) is 12.1 Å². The first kappa shape index (κ1) is 16.0. The Morgan fingerprint density at radius 1 is 1.33 bits per heavy atom. The molecule has 0 aromatic heterocycles. The second kappa shape index (κ2) is 6.58. The Morgan fingerprint density at radius 2 is 2.00 bits per heavy atom. The normalized spacial score (nSPS) is 17.8. The minimum atomic E-state index is -3.06. The van der Waals surface area contributed by atoms with E-state index < -0.39 is 16.0 Å². The molecule has 5 nitrogen and oxygen atoms in total. The molecule has 0 spiro atoms. The standard InChI is InChI=1S/C15H21NO4S/c1-21(19,20)16-9-7-12(8-10-16)5-6-13-3-2-4-14(11-13)15(17)18/h2-4,11-12H,5-10H2,1H3,(H,17,18). The fourth-order valence-electron chi connectivity index (χ4n) is 2.76. The van der Waals surface area contributed by atoms with Crippen molar-refractivity contribution in [2.24, 2.45) is 5.92 Å². The van der Waals surface area contributed by atoms with Gasteiger partial charge in [-0.2, -0.15) is 0 Å². The first-order chi connectivity index (χ1) is 9.86. The van der Waals surface area contributed by atoms with Crippen LogP contribution in [-0.4, -0.2) is 43.1 Å². The van der Waals surface area contributed by atoms with E-state index in [4.69, 9.17) is 5.11 Å². The molecule has 1 aromatic carbocycles. The van der Waals surface area contributed by atoms with E-state index in [0.717, 1.165) is 31.2 Å². The van der Waals surface area contributed by atoms with Gasteiger partial charge >= 0.3 is 5.97 Å². The number of aromatic carboxylic acids is 1. The highest BCUT2D eigenvalue weighted by Crippen LogP contribution is 2.23. The number of aryl methyl sites for hydroxylation is 1. The summed E-state index contributed by atoms with van der Waals surface area (Å²) in [5, 5.41) is 8.97. The van der Waals surface area contributed by atoms with Gasteiger partial charge < -0.3 is 5.11 Å². The van der Waals surface area contributed by atoms with E-state index in [1.807, 2.05) is 6.07 Å². The van der Waals surface area contributed by atoms with Gasteiger partial charge in [0.25, 0.3) is 0 Å². The maximum absolute atomic E-state index is 11.4. The quantitative estimate of drug-likeness (QED) is 0.902. The van der Waals surface area contributed by atoms with Crippen LogP contribution in [0.4, 0.5) is 0 Å². The predicted octanol–water partition coefficient (Wildman–Crippen LogP) is 1.99. The average molecular weight is 311 g/mol. The van der Waals surface area contributed by atoms with Crippen LogP contribution in [-0.2, 0) is 16.4 Å². The Kier molecular flexibility index (Phi) is 5.00. The van der Waals surface area contributed by atoms with Crippen molar-refractivity contribution in [2.75, 3.05) is 19.3 Å². The highest BCUT2D eigenvalue weighted by atomic mass is 32.2. The first-order valence-electron chi connectivity index (χ1n) is 7.13. The van der Waals surface area contributed by atoms with Crippen LogP contribution < -0.4 is 0 Å². The summed E-state index contributed by atoms with van der Waals surface area (Å²) in [4.78, 5) is 10.9. The molecular weight excluding hydrogens is 290 g/mol. The molecule has 2 rings (SSSR count). The van der Waals surface area contributed by atoms with Gasteiger partial charge in [0.05, 0.1) is 11.8 Å². The first-order valence-corrected chi connectivity index (χ1v) is 8.98.